The molecule has 1 aliphatic rings. The van der Waals surface area contributed by atoms with Gasteiger partial charge in [-0.3, -0.25) is 4.90 Å². The molecule has 1 fully saturated rings. The summed E-state index contributed by atoms with van der Waals surface area (Å²) in [7, 11) is 0. The summed E-state index contributed by atoms with van der Waals surface area (Å²) in [5.74, 6) is 0.763. The number of hydrogen-bond donors (Lipinski definition) is 1. The summed E-state index contributed by atoms with van der Waals surface area (Å²) >= 11 is 0. The number of piperazine rings is 1. The number of furan rings is 1. The molecule has 1 aliphatic heterocycles. The Bertz CT molecular complexity index is 868. The van der Waals surface area contributed by atoms with Crippen molar-refractivity contribution in [1.82, 2.24) is 9.80 Å². The van der Waals surface area contributed by atoms with E-state index in [2.05, 4.69) is 22.8 Å². The van der Waals surface area contributed by atoms with E-state index in [1.807, 2.05) is 36.4 Å². The van der Waals surface area contributed by atoms with Gasteiger partial charge >= 0.3 is 0 Å². The fraction of sp³-hybridized carbons (Fsp3) is 0.429. The largest absolute Gasteiger partial charge is 0.491 e. The standard InChI is InChI=1S/C21H26N2O3/c1-2-22-9-11-23(12-10-22)14-16(24)15-25-17-7-8-21-19(13-17)18-5-3-4-6-20(18)26-21/h3-8,13,16,24H,2,9-12,14-15H2,1H3/t16-/m1/s1. The van der Waals surface area contributed by atoms with Gasteiger partial charge in [-0.1, -0.05) is 25.1 Å². The van der Waals surface area contributed by atoms with Crippen molar-refractivity contribution in [2.24, 2.45) is 0 Å². The molecule has 4 rings (SSSR count). The second kappa shape index (κ2) is 7.66. The third kappa shape index (κ3) is 3.70. The van der Waals surface area contributed by atoms with Crippen molar-refractivity contribution in [3.05, 3.63) is 42.5 Å². The van der Waals surface area contributed by atoms with E-state index < -0.39 is 6.10 Å². The minimum absolute atomic E-state index is 0.301. The average molecular weight is 354 g/mol. The molecule has 0 saturated carbocycles. The molecule has 3 aromatic rings. The Kier molecular flexibility index (Phi) is 5.11. The molecular weight excluding hydrogens is 328 g/mol. The molecule has 2 heterocycles. The van der Waals surface area contributed by atoms with Crippen LogP contribution in [-0.2, 0) is 0 Å². The van der Waals surface area contributed by atoms with Gasteiger partial charge in [-0.15, -0.1) is 0 Å². The number of fused-ring (bicyclic) bond motifs is 3. The van der Waals surface area contributed by atoms with Crippen molar-refractivity contribution in [3.8, 4) is 5.75 Å². The van der Waals surface area contributed by atoms with E-state index in [-0.39, 0.29) is 0 Å². The minimum atomic E-state index is -0.486. The van der Waals surface area contributed by atoms with Crippen molar-refractivity contribution in [2.45, 2.75) is 13.0 Å². The molecule has 0 spiro atoms. The Labute approximate surface area is 153 Å². The number of hydrogen-bond acceptors (Lipinski definition) is 5. The van der Waals surface area contributed by atoms with Crippen LogP contribution in [0, 0.1) is 0 Å². The maximum absolute atomic E-state index is 10.3. The summed E-state index contributed by atoms with van der Waals surface area (Å²) in [5, 5.41) is 12.5. The van der Waals surface area contributed by atoms with Crippen LogP contribution in [-0.4, -0.2) is 66.9 Å². The summed E-state index contributed by atoms with van der Waals surface area (Å²) in [6.07, 6.45) is -0.486. The molecule has 0 amide bonds. The Hall–Kier alpha value is -2.08. The molecule has 1 N–H and O–H groups in total. The fourth-order valence-corrected chi connectivity index (χ4v) is 3.63. The average Bonchev–Trinajstić information content (AvgIpc) is 3.05. The molecule has 0 aliphatic carbocycles. The highest BCUT2D eigenvalue weighted by molar-refractivity contribution is 6.05. The zero-order valence-corrected chi connectivity index (χ0v) is 15.2. The van der Waals surface area contributed by atoms with Crippen LogP contribution in [0.25, 0.3) is 21.9 Å². The second-order valence-electron chi connectivity index (χ2n) is 6.96. The van der Waals surface area contributed by atoms with Gasteiger partial charge in [-0.2, -0.15) is 0 Å². The number of nitrogens with zero attached hydrogens (tertiary/aromatic N) is 2. The smallest absolute Gasteiger partial charge is 0.135 e. The van der Waals surface area contributed by atoms with E-state index in [0.29, 0.717) is 13.2 Å². The molecule has 1 saturated heterocycles. The van der Waals surface area contributed by atoms with E-state index in [4.69, 9.17) is 9.15 Å². The SMILES string of the molecule is CCN1CCN(C[C@@H](O)COc2ccc3oc4ccccc4c3c2)CC1. The van der Waals surface area contributed by atoms with E-state index in [1.165, 1.54) is 0 Å². The molecule has 1 atom stereocenters. The maximum atomic E-state index is 10.3. The van der Waals surface area contributed by atoms with E-state index >= 15 is 0 Å². The number of rotatable bonds is 6. The highest BCUT2D eigenvalue weighted by atomic mass is 16.5. The van der Waals surface area contributed by atoms with Gasteiger partial charge in [0.25, 0.3) is 0 Å². The number of aliphatic hydroxyl groups excluding tert-OH is 1. The van der Waals surface area contributed by atoms with Gasteiger partial charge in [0.05, 0.1) is 0 Å². The Morgan fingerprint density at radius 1 is 1.00 bits per heavy atom. The van der Waals surface area contributed by atoms with Gasteiger partial charge in [0, 0.05) is 43.5 Å². The van der Waals surface area contributed by atoms with Crippen LogP contribution in [0.15, 0.2) is 46.9 Å². The zero-order valence-electron chi connectivity index (χ0n) is 15.2. The molecule has 26 heavy (non-hydrogen) atoms. The summed E-state index contributed by atoms with van der Waals surface area (Å²) in [5.41, 5.74) is 1.73. The number of β-amino-alcohol motifs (C(OH)–C–C–N with tert-alkyl or cyclic N) is 1. The lowest BCUT2D eigenvalue weighted by atomic mass is 10.1. The third-order valence-corrected chi connectivity index (χ3v) is 5.17. The molecule has 0 bridgehead atoms. The topological polar surface area (TPSA) is 49.1 Å². The Balaban J connectivity index is 1.36. The predicted molar refractivity (Wildman–Crippen MR) is 104 cm³/mol. The Morgan fingerprint density at radius 3 is 2.54 bits per heavy atom. The van der Waals surface area contributed by atoms with Crippen molar-refractivity contribution in [3.63, 3.8) is 0 Å². The Morgan fingerprint density at radius 2 is 1.73 bits per heavy atom. The highest BCUT2D eigenvalue weighted by Gasteiger charge is 2.18. The van der Waals surface area contributed by atoms with Gasteiger partial charge in [0.1, 0.15) is 29.6 Å². The van der Waals surface area contributed by atoms with Crippen molar-refractivity contribution in [1.29, 1.82) is 0 Å². The quantitative estimate of drug-likeness (QED) is 0.737. The molecular formula is C21H26N2O3. The first-order valence-electron chi connectivity index (χ1n) is 9.40. The molecule has 5 heteroatoms. The van der Waals surface area contributed by atoms with E-state index in [1.54, 1.807) is 0 Å². The van der Waals surface area contributed by atoms with Crippen LogP contribution >= 0.6 is 0 Å². The van der Waals surface area contributed by atoms with Crippen LogP contribution in [0.3, 0.4) is 0 Å². The molecule has 1 aromatic heterocycles. The number of benzene rings is 2. The normalized spacial score (nSPS) is 17.8. The molecule has 0 unspecified atom stereocenters. The minimum Gasteiger partial charge on any atom is -0.491 e. The second-order valence-corrected chi connectivity index (χ2v) is 6.96. The van der Waals surface area contributed by atoms with Crippen LogP contribution in [0.2, 0.25) is 0 Å². The van der Waals surface area contributed by atoms with Crippen LogP contribution < -0.4 is 4.74 Å². The lowest BCUT2D eigenvalue weighted by Crippen LogP contribution is -2.49. The van der Waals surface area contributed by atoms with Crippen molar-refractivity contribution >= 4 is 21.9 Å². The van der Waals surface area contributed by atoms with E-state index in [0.717, 1.165) is 60.4 Å². The first-order chi connectivity index (χ1) is 12.7. The summed E-state index contributed by atoms with van der Waals surface area (Å²) in [6, 6.07) is 13.8. The van der Waals surface area contributed by atoms with Gasteiger partial charge < -0.3 is 19.2 Å². The predicted octanol–water partition coefficient (Wildman–Crippen LogP) is 2.96. The molecule has 138 valence electrons. The fourth-order valence-electron chi connectivity index (χ4n) is 3.63. The third-order valence-electron chi connectivity index (χ3n) is 5.17. The number of likely N-dealkylation sites (N-methyl/N-ethyl adjacent to an activating group) is 1. The van der Waals surface area contributed by atoms with Gasteiger partial charge in [0.2, 0.25) is 0 Å². The van der Waals surface area contributed by atoms with Crippen LogP contribution in [0.1, 0.15) is 6.92 Å². The first-order valence-corrected chi connectivity index (χ1v) is 9.40. The molecule has 5 nitrogen and oxygen atoms in total. The lowest BCUT2D eigenvalue weighted by Gasteiger charge is -2.34. The number of para-hydroxylation sites is 1. The van der Waals surface area contributed by atoms with Gasteiger partial charge in [-0.25, -0.2) is 0 Å². The highest BCUT2D eigenvalue weighted by Crippen LogP contribution is 2.31. The van der Waals surface area contributed by atoms with Gasteiger partial charge in [0.15, 0.2) is 0 Å². The van der Waals surface area contributed by atoms with Crippen LogP contribution in [0.4, 0.5) is 0 Å². The summed E-state index contributed by atoms with van der Waals surface area (Å²) in [4.78, 5) is 4.75. The van der Waals surface area contributed by atoms with E-state index in [9.17, 15) is 5.11 Å². The van der Waals surface area contributed by atoms with Gasteiger partial charge in [-0.05, 0) is 30.8 Å². The first kappa shape index (κ1) is 17.3. The summed E-state index contributed by atoms with van der Waals surface area (Å²) < 4.78 is 11.7. The maximum Gasteiger partial charge on any atom is 0.135 e. The van der Waals surface area contributed by atoms with Crippen LogP contribution in [0.5, 0.6) is 5.75 Å². The number of ether oxygens (including phenoxy) is 1. The molecule has 0 radical (unpaired) electrons. The lowest BCUT2D eigenvalue weighted by molar-refractivity contribution is 0.0471. The van der Waals surface area contributed by atoms with Crippen molar-refractivity contribution in [2.75, 3.05) is 45.9 Å². The zero-order chi connectivity index (χ0) is 17.9. The van der Waals surface area contributed by atoms with Crippen molar-refractivity contribution < 1.29 is 14.3 Å². The molecule has 2 aromatic carbocycles. The summed E-state index contributed by atoms with van der Waals surface area (Å²) in [6.45, 7) is 8.44. The monoisotopic (exact) mass is 354 g/mol. The number of aliphatic hydroxyl groups is 1.